The molecular formula is C29H36N8O5S. The number of methoxy groups -OCH3 is 1. The number of nitro benzene ring substituents is 1. The summed E-state index contributed by atoms with van der Waals surface area (Å²) in [6.07, 6.45) is 6.54. The Balaban J connectivity index is 1.62. The Morgan fingerprint density at radius 1 is 1.14 bits per heavy atom. The summed E-state index contributed by atoms with van der Waals surface area (Å²) >= 11 is 0. The third-order valence-corrected chi connectivity index (χ3v) is 8.91. The SMILES string of the molecule is COc1cc(N(C)CCN(C)C)c([N+](=O)[O-])cc1Nc1ncc(N(C)S(C)(=O)=O)c(-c2cn3c4c(cccc24)CCC3)n1. The molecule has 0 amide bonds. The predicted octanol–water partition coefficient (Wildman–Crippen LogP) is 4.10. The fraction of sp³-hybridized carbons (Fsp3) is 0.379. The number of hydrogen-bond donors (Lipinski definition) is 1. The molecular weight excluding hydrogens is 572 g/mol. The van der Waals surface area contributed by atoms with E-state index >= 15 is 0 Å². The maximum Gasteiger partial charge on any atom is 0.294 e. The van der Waals surface area contributed by atoms with Gasteiger partial charge in [-0.3, -0.25) is 14.4 Å². The first-order valence-corrected chi connectivity index (χ1v) is 15.6. The summed E-state index contributed by atoms with van der Waals surface area (Å²) in [5.41, 5.74) is 4.45. The number of sulfonamides is 1. The van der Waals surface area contributed by atoms with Gasteiger partial charge in [-0.25, -0.2) is 18.4 Å². The zero-order chi connectivity index (χ0) is 31.1. The summed E-state index contributed by atoms with van der Waals surface area (Å²) in [6.45, 7) is 2.12. The third-order valence-electron chi connectivity index (χ3n) is 7.72. The maximum absolute atomic E-state index is 12.6. The van der Waals surface area contributed by atoms with Crippen molar-refractivity contribution < 1.29 is 18.1 Å². The van der Waals surface area contributed by atoms with Crippen molar-refractivity contribution in [2.24, 2.45) is 0 Å². The highest BCUT2D eigenvalue weighted by molar-refractivity contribution is 7.92. The summed E-state index contributed by atoms with van der Waals surface area (Å²) in [6, 6.07) is 9.14. The standard InChI is InChI=1S/C29H36N8O5S/c1-33(2)13-14-34(3)23-16-26(42-5)22(15-24(23)37(38)39)31-29-30-17-25(35(4)43(6,40)41)27(32-29)21-18-36-12-8-10-19-9-7-11-20(21)28(19)36/h7,9,11,15-18H,8,10,12-14H2,1-6H3,(H,30,31,32). The summed E-state index contributed by atoms with van der Waals surface area (Å²) in [5.74, 6) is 0.501. The van der Waals surface area contributed by atoms with E-state index in [0.717, 1.165) is 46.4 Å². The third kappa shape index (κ3) is 5.92. The van der Waals surface area contributed by atoms with Crippen molar-refractivity contribution in [2.45, 2.75) is 19.4 Å². The van der Waals surface area contributed by atoms with E-state index in [-0.39, 0.29) is 11.6 Å². The highest BCUT2D eigenvalue weighted by Crippen LogP contribution is 2.41. The number of para-hydroxylation sites is 1. The summed E-state index contributed by atoms with van der Waals surface area (Å²) in [5, 5.41) is 16.2. The van der Waals surface area contributed by atoms with Crippen molar-refractivity contribution in [1.29, 1.82) is 0 Å². The molecule has 5 rings (SSSR count). The van der Waals surface area contributed by atoms with Gasteiger partial charge < -0.3 is 24.4 Å². The van der Waals surface area contributed by atoms with Crippen LogP contribution < -0.4 is 19.3 Å². The van der Waals surface area contributed by atoms with Crippen LogP contribution in [0.4, 0.5) is 28.7 Å². The van der Waals surface area contributed by atoms with Crippen LogP contribution in [-0.4, -0.2) is 87.4 Å². The van der Waals surface area contributed by atoms with Gasteiger partial charge in [-0.15, -0.1) is 0 Å². The molecule has 1 N–H and O–H groups in total. The van der Waals surface area contributed by atoms with Crippen molar-refractivity contribution in [3.05, 3.63) is 58.4 Å². The minimum atomic E-state index is -3.63. The second kappa shape index (κ2) is 11.7. The summed E-state index contributed by atoms with van der Waals surface area (Å²) in [4.78, 5) is 24.7. The minimum absolute atomic E-state index is 0.104. The summed E-state index contributed by atoms with van der Waals surface area (Å²) in [7, 11) is 4.99. The number of likely N-dealkylation sites (N-methyl/N-ethyl adjacent to an activating group) is 2. The van der Waals surface area contributed by atoms with Gasteiger partial charge >= 0.3 is 0 Å². The Bertz CT molecular complexity index is 1800. The zero-order valence-electron chi connectivity index (χ0n) is 25.2. The second-order valence-corrected chi connectivity index (χ2v) is 13.0. The molecule has 1 aliphatic rings. The fourth-order valence-electron chi connectivity index (χ4n) is 5.35. The van der Waals surface area contributed by atoms with Crippen LogP contribution in [0.15, 0.2) is 42.7 Å². The van der Waals surface area contributed by atoms with Gasteiger partial charge in [0.15, 0.2) is 0 Å². The normalized spacial score (nSPS) is 12.9. The van der Waals surface area contributed by atoms with Crippen LogP contribution in [0.3, 0.4) is 0 Å². The molecule has 4 aromatic rings. The highest BCUT2D eigenvalue weighted by atomic mass is 32.2. The van der Waals surface area contributed by atoms with E-state index < -0.39 is 14.9 Å². The van der Waals surface area contributed by atoms with Gasteiger partial charge in [0.05, 0.1) is 41.4 Å². The predicted molar refractivity (Wildman–Crippen MR) is 169 cm³/mol. The number of nitrogens with zero attached hydrogens (tertiary/aromatic N) is 7. The Morgan fingerprint density at radius 2 is 1.91 bits per heavy atom. The molecule has 13 nitrogen and oxygen atoms in total. The average molecular weight is 609 g/mol. The van der Waals surface area contributed by atoms with Crippen LogP contribution in [0.2, 0.25) is 0 Å². The van der Waals surface area contributed by atoms with Crippen LogP contribution in [-0.2, 0) is 23.0 Å². The van der Waals surface area contributed by atoms with Crippen LogP contribution in [0, 0.1) is 10.1 Å². The van der Waals surface area contributed by atoms with E-state index in [1.54, 1.807) is 13.1 Å². The Morgan fingerprint density at radius 3 is 2.58 bits per heavy atom. The fourth-order valence-corrected chi connectivity index (χ4v) is 5.85. The molecule has 0 saturated heterocycles. The lowest BCUT2D eigenvalue weighted by atomic mass is 10.0. The van der Waals surface area contributed by atoms with Crippen LogP contribution in [0.25, 0.3) is 22.2 Å². The number of aromatic nitrogens is 3. The van der Waals surface area contributed by atoms with Crippen LogP contribution in [0.5, 0.6) is 5.75 Å². The molecule has 0 saturated carbocycles. The Kier molecular flexibility index (Phi) is 8.16. The van der Waals surface area contributed by atoms with Crippen molar-refractivity contribution in [1.82, 2.24) is 19.4 Å². The molecule has 2 aromatic heterocycles. The Hall–Kier alpha value is -4.43. The lowest BCUT2D eigenvalue weighted by Gasteiger charge is -2.23. The molecule has 14 heteroatoms. The number of aryl methyl sites for hydroxylation is 2. The van der Waals surface area contributed by atoms with E-state index in [9.17, 15) is 18.5 Å². The van der Waals surface area contributed by atoms with Gasteiger partial charge in [-0.05, 0) is 32.5 Å². The van der Waals surface area contributed by atoms with Crippen molar-refractivity contribution in [3.8, 4) is 17.0 Å². The van der Waals surface area contributed by atoms with Gasteiger partial charge in [-0.1, -0.05) is 18.2 Å². The Labute approximate surface area is 250 Å². The molecule has 0 fully saturated rings. The number of anilines is 4. The monoisotopic (exact) mass is 608 g/mol. The van der Waals surface area contributed by atoms with Gasteiger partial charge in [-0.2, -0.15) is 0 Å². The van der Waals surface area contributed by atoms with E-state index in [1.807, 2.05) is 42.2 Å². The molecule has 2 aromatic carbocycles. The molecule has 0 radical (unpaired) electrons. The minimum Gasteiger partial charge on any atom is -0.494 e. The summed E-state index contributed by atoms with van der Waals surface area (Å²) < 4.78 is 34.2. The van der Waals surface area contributed by atoms with Crippen LogP contribution >= 0.6 is 0 Å². The molecule has 3 heterocycles. The smallest absolute Gasteiger partial charge is 0.294 e. The van der Waals surface area contributed by atoms with E-state index in [0.29, 0.717) is 41.6 Å². The van der Waals surface area contributed by atoms with E-state index in [4.69, 9.17) is 9.72 Å². The van der Waals surface area contributed by atoms with Gasteiger partial charge in [0, 0.05) is 63.0 Å². The molecule has 0 unspecified atom stereocenters. The van der Waals surface area contributed by atoms with E-state index in [2.05, 4.69) is 20.9 Å². The first-order chi connectivity index (χ1) is 20.4. The molecule has 1 aliphatic heterocycles. The lowest BCUT2D eigenvalue weighted by molar-refractivity contribution is -0.384. The van der Waals surface area contributed by atoms with Gasteiger partial charge in [0.2, 0.25) is 16.0 Å². The highest BCUT2D eigenvalue weighted by Gasteiger charge is 2.26. The first-order valence-electron chi connectivity index (χ1n) is 13.8. The van der Waals surface area contributed by atoms with Crippen molar-refractivity contribution >= 4 is 49.6 Å². The number of benzene rings is 2. The topological polar surface area (TPSA) is 139 Å². The first kappa shape index (κ1) is 30.0. The number of hydrogen-bond acceptors (Lipinski definition) is 10. The second-order valence-electron chi connectivity index (χ2n) is 11.0. The van der Waals surface area contributed by atoms with Crippen molar-refractivity contribution in [3.63, 3.8) is 0 Å². The maximum atomic E-state index is 12.6. The number of nitrogens with one attached hydrogen (secondary N) is 1. The quantitative estimate of drug-likeness (QED) is 0.196. The molecule has 0 atom stereocenters. The van der Waals surface area contributed by atoms with Crippen molar-refractivity contribution in [2.75, 3.05) is 69.2 Å². The molecule has 0 bridgehead atoms. The lowest BCUT2D eigenvalue weighted by Crippen LogP contribution is -2.29. The number of ether oxygens (including phenoxy) is 1. The largest absolute Gasteiger partial charge is 0.494 e. The molecule has 0 spiro atoms. The van der Waals surface area contributed by atoms with E-state index in [1.165, 1.54) is 32.0 Å². The molecule has 0 aliphatic carbocycles. The van der Waals surface area contributed by atoms with Gasteiger partial charge in [0.1, 0.15) is 17.1 Å². The number of rotatable bonds is 11. The molecule has 228 valence electrons. The van der Waals surface area contributed by atoms with Crippen LogP contribution in [0.1, 0.15) is 12.0 Å². The number of nitro groups is 1. The average Bonchev–Trinajstić information content (AvgIpc) is 3.35. The molecule has 43 heavy (non-hydrogen) atoms. The van der Waals surface area contributed by atoms with Gasteiger partial charge in [0.25, 0.3) is 5.69 Å². The zero-order valence-corrected chi connectivity index (χ0v) is 26.0.